The molecule has 1 aromatic heterocycles. The van der Waals surface area contributed by atoms with E-state index in [4.69, 9.17) is 10.5 Å². The van der Waals surface area contributed by atoms with Crippen LogP contribution >= 0.6 is 15.9 Å². The molecule has 0 spiro atoms. The SMILES string of the molecule is CC(C)(C)OC(=O)N1CCN(S(=O)(=O)c2cc(Br)cnc2N)CC1. The van der Waals surface area contributed by atoms with Crippen molar-refractivity contribution in [2.45, 2.75) is 31.3 Å². The van der Waals surface area contributed by atoms with Gasteiger partial charge in [0.05, 0.1) is 0 Å². The summed E-state index contributed by atoms with van der Waals surface area (Å²) >= 11 is 3.20. The van der Waals surface area contributed by atoms with Crippen LogP contribution in [0.3, 0.4) is 0 Å². The van der Waals surface area contributed by atoms with Crippen LogP contribution in [0, 0.1) is 0 Å². The lowest BCUT2D eigenvalue weighted by Gasteiger charge is -2.35. The van der Waals surface area contributed by atoms with Gasteiger partial charge in [-0.25, -0.2) is 18.2 Å². The van der Waals surface area contributed by atoms with Gasteiger partial charge in [-0.1, -0.05) is 0 Å². The second kappa shape index (κ2) is 6.85. The fourth-order valence-electron chi connectivity index (χ4n) is 2.21. The highest BCUT2D eigenvalue weighted by atomic mass is 79.9. The highest BCUT2D eigenvalue weighted by Crippen LogP contribution is 2.25. The van der Waals surface area contributed by atoms with Crippen molar-refractivity contribution in [2.75, 3.05) is 31.9 Å². The second-order valence-electron chi connectivity index (χ2n) is 6.41. The van der Waals surface area contributed by atoms with E-state index in [0.29, 0.717) is 4.47 Å². The summed E-state index contributed by atoms with van der Waals surface area (Å²) in [6.45, 7) is 6.23. The molecule has 8 nitrogen and oxygen atoms in total. The van der Waals surface area contributed by atoms with Gasteiger partial charge in [0.15, 0.2) is 0 Å². The first kappa shape index (κ1) is 18.9. The van der Waals surface area contributed by atoms with E-state index >= 15 is 0 Å². The topological polar surface area (TPSA) is 106 Å². The summed E-state index contributed by atoms with van der Waals surface area (Å²) in [5.74, 6) is -0.0484. The normalized spacial score (nSPS) is 16.9. The van der Waals surface area contributed by atoms with Gasteiger partial charge < -0.3 is 15.4 Å². The van der Waals surface area contributed by atoms with E-state index in [-0.39, 0.29) is 36.9 Å². The summed E-state index contributed by atoms with van der Waals surface area (Å²) in [6, 6.07) is 1.43. The van der Waals surface area contributed by atoms with Crippen molar-refractivity contribution in [3.63, 3.8) is 0 Å². The number of sulfonamides is 1. The number of nitrogen functional groups attached to an aromatic ring is 1. The number of ether oxygens (including phenoxy) is 1. The maximum absolute atomic E-state index is 12.7. The summed E-state index contributed by atoms with van der Waals surface area (Å²) in [4.78, 5) is 17.4. The van der Waals surface area contributed by atoms with Crippen LogP contribution in [0.5, 0.6) is 0 Å². The van der Waals surface area contributed by atoms with Gasteiger partial charge >= 0.3 is 6.09 Å². The summed E-state index contributed by atoms with van der Waals surface area (Å²) in [7, 11) is -3.76. The number of piperazine rings is 1. The van der Waals surface area contributed by atoms with Crippen LogP contribution in [-0.2, 0) is 14.8 Å². The van der Waals surface area contributed by atoms with Crippen molar-refractivity contribution in [1.29, 1.82) is 0 Å². The molecule has 0 saturated carbocycles. The van der Waals surface area contributed by atoms with Gasteiger partial charge in [0.1, 0.15) is 16.3 Å². The Morgan fingerprint density at radius 1 is 1.29 bits per heavy atom. The Labute approximate surface area is 150 Å². The van der Waals surface area contributed by atoms with E-state index < -0.39 is 21.7 Å². The third kappa shape index (κ3) is 4.37. The van der Waals surface area contributed by atoms with Gasteiger partial charge in [0.2, 0.25) is 10.0 Å². The largest absolute Gasteiger partial charge is 0.444 e. The third-order valence-corrected chi connectivity index (χ3v) is 5.72. The van der Waals surface area contributed by atoms with Crippen molar-refractivity contribution in [2.24, 2.45) is 0 Å². The van der Waals surface area contributed by atoms with Crippen LogP contribution < -0.4 is 5.73 Å². The number of amides is 1. The minimum absolute atomic E-state index is 0.0393. The number of hydrogen-bond acceptors (Lipinski definition) is 6. The number of pyridine rings is 1. The van der Waals surface area contributed by atoms with E-state index in [1.807, 2.05) is 0 Å². The monoisotopic (exact) mass is 420 g/mol. The molecule has 2 rings (SSSR count). The average molecular weight is 421 g/mol. The van der Waals surface area contributed by atoms with Gasteiger partial charge in [-0.2, -0.15) is 4.31 Å². The van der Waals surface area contributed by atoms with Crippen molar-refractivity contribution >= 4 is 37.9 Å². The summed E-state index contributed by atoms with van der Waals surface area (Å²) < 4.78 is 32.6. The van der Waals surface area contributed by atoms with Crippen LogP contribution in [-0.4, -0.2) is 60.5 Å². The maximum Gasteiger partial charge on any atom is 0.410 e. The molecule has 1 aliphatic rings. The molecule has 0 aromatic carbocycles. The molecule has 0 radical (unpaired) electrons. The molecule has 0 unspecified atom stereocenters. The number of carbonyl (C=O) groups is 1. The number of nitrogens with two attached hydrogens (primary N) is 1. The standard InChI is InChI=1S/C14H21BrN4O4S/c1-14(2,3)23-13(20)18-4-6-19(7-5-18)24(21,22)11-8-10(15)9-17-12(11)16/h8-9H,4-7H2,1-3H3,(H2,16,17). The summed E-state index contributed by atoms with van der Waals surface area (Å²) in [5.41, 5.74) is 5.12. The molecule has 0 aliphatic carbocycles. The Hall–Kier alpha value is -1.39. The molecular formula is C14H21BrN4O4S. The first-order valence-corrected chi connectivity index (χ1v) is 9.63. The van der Waals surface area contributed by atoms with E-state index in [9.17, 15) is 13.2 Å². The number of anilines is 1. The lowest BCUT2D eigenvalue weighted by Crippen LogP contribution is -2.51. The number of nitrogens with zero attached hydrogens (tertiary/aromatic N) is 3. The molecule has 2 N–H and O–H groups in total. The van der Waals surface area contributed by atoms with Crippen LogP contribution in [0.15, 0.2) is 21.6 Å². The van der Waals surface area contributed by atoms with Crippen LogP contribution in [0.2, 0.25) is 0 Å². The predicted molar refractivity (Wildman–Crippen MR) is 92.9 cm³/mol. The van der Waals surface area contributed by atoms with Gasteiger partial charge in [-0.05, 0) is 42.8 Å². The molecule has 0 atom stereocenters. The molecule has 0 bridgehead atoms. The first-order chi connectivity index (χ1) is 11.0. The zero-order valence-electron chi connectivity index (χ0n) is 13.8. The van der Waals surface area contributed by atoms with Gasteiger partial charge in [-0.15, -0.1) is 0 Å². The smallest absolute Gasteiger partial charge is 0.410 e. The first-order valence-electron chi connectivity index (χ1n) is 7.40. The third-order valence-electron chi connectivity index (χ3n) is 3.36. The zero-order chi connectivity index (χ0) is 18.1. The number of aromatic nitrogens is 1. The van der Waals surface area contributed by atoms with Gasteiger partial charge in [0.25, 0.3) is 0 Å². The molecule has 1 aliphatic heterocycles. The van der Waals surface area contributed by atoms with Crippen molar-refractivity contribution < 1.29 is 17.9 Å². The Morgan fingerprint density at radius 2 is 1.88 bits per heavy atom. The Morgan fingerprint density at radius 3 is 2.42 bits per heavy atom. The van der Waals surface area contributed by atoms with Crippen molar-refractivity contribution in [3.8, 4) is 0 Å². The predicted octanol–water partition coefficient (Wildman–Crippen LogP) is 1.67. The summed E-state index contributed by atoms with van der Waals surface area (Å²) in [6.07, 6.45) is 0.998. The molecule has 1 aromatic rings. The number of halogens is 1. The van der Waals surface area contributed by atoms with E-state index in [0.717, 1.165) is 0 Å². The lowest BCUT2D eigenvalue weighted by atomic mass is 10.2. The minimum atomic E-state index is -3.76. The number of carbonyl (C=O) groups excluding carboxylic acids is 1. The minimum Gasteiger partial charge on any atom is -0.444 e. The molecule has 2 heterocycles. The molecule has 1 fully saturated rings. The lowest BCUT2D eigenvalue weighted by molar-refractivity contribution is 0.0192. The second-order valence-corrected chi connectivity index (χ2v) is 9.23. The molecule has 10 heteroatoms. The van der Waals surface area contributed by atoms with Crippen molar-refractivity contribution in [1.82, 2.24) is 14.2 Å². The highest BCUT2D eigenvalue weighted by Gasteiger charge is 2.33. The van der Waals surface area contributed by atoms with Gasteiger partial charge in [0, 0.05) is 36.8 Å². The Kier molecular flexibility index (Phi) is 5.41. The molecule has 1 amide bonds. The fourth-order valence-corrected chi connectivity index (χ4v) is 4.21. The highest BCUT2D eigenvalue weighted by molar-refractivity contribution is 9.10. The average Bonchev–Trinajstić information content (AvgIpc) is 2.48. The molecule has 134 valence electrons. The van der Waals surface area contributed by atoms with Crippen LogP contribution in [0.1, 0.15) is 20.8 Å². The molecular weight excluding hydrogens is 400 g/mol. The number of rotatable bonds is 2. The molecule has 24 heavy (non-hydrogen) atoms. The number of hydrogen-bond donors (Lipinski definition) is 1. The van der Waals surface area contributed by atoms with E-state index in [1.165, 1.54) is 21.5 Å². The van der Waals surface area contributed by atoms with E-state index in [1.54, 1.807) is 20.8 Å². The molecule has 1 saturated heterocycles. The Balaban J connectivity index is 2.09. The van der Waals surface area contributed by atoms with Crippen molar-refractivity contribution in [3.05, 3.63) is 16.7 Å². The summed E-state index contributed by atoms with van der Waals surface area (Å²) in [5, 5.41) is 0. The fraction of sp³-hybridized carbons (Fsp3) is 0.571. The zero-order valence-corrected chi connectivity index (χ0v) is 16.2. The van der Waals surface area contributed by atoms with Crippen LogP contribution in [0.25, 0.3) is 0 Å². The maximum atomic E-state index is 12.7. The van der Waals surface area contributed by atoms with Crippen LogP contribution in [0.4, 0.5) is 10.6 Å². The quantitative estimate of drug-likeness (QED) is 0.779. The Bertz CT molecular complexity index is 725. The van der Waals surface area contributed by atoms with Gasteiger partial charge in [-0.3, -0.25) is 0 Å². The van der Waals surface area contributed by atoms with E-state index in [2.05, 4.69) is 20.9 Å².